The summed E-state index contributed by atoms with van der Waals surface area (Å²) in [5.74, 6) is 1.60. The molecule has 2 aromatic carbocycles. The number of amides is 2. The number of para-hydroxylation sites is 1. The number of urea groups is 1. The Labute approximate surface area is 160 Å². The molecule has 2 amide bonds. The highest BCUT2D eigenvalue weighted by Gasteiger charge is 2.05. The topological polar surface area (TPSA) is 94.0 Å². The summed E-state index contributed by atoms with van der Waals surface area (Å²) in [6.07, 6.45) is 5.09. The predicted molar refractivity (Wildman–Crippen MR) is 105 cm³/mol. The largest absolute Gasteiger partial charge is 0.438 e. The summed E-state index contributed by atoms with van der Waals surface area (Å²) in [5, 5.41) is 13.7. The van der Waals surface area contributed by atoms with Crippen LogP contribution in [-0.4, -0.2) is 25.8 Å². The van der Waals surface area contributed by atoms with E-state index in [4.69, 9.17) is 4.74 Å². The Morgan fingerprint density at radius 3 is 2.25 bits per heavy atom. The molecule has 8 nitrogen and oxygen atoms in total. The van der Waals surface area contributed by atoms with Gasteiger partial charge in [0.15, 0.2) is 5.82 Å². The van der Waals surface area contributed by atoms with E-state index >= 15 is 0 Å². The van der Waals surface area contributed by atoms with Crippen molar-refractivity contribution in [1.82, 2.24) is 19.7 Å². The van der Waals surface area contributed by atoms with E-state index in [1.54, 1.807) is 59.7 Å². The van der Waals surface area contributed by atoms with Gasteiger partial charge < -0.3 is 15.4 Å². The Morgan fingerprint density at radius 2 is 1.61 bits per heavy atom. The lowest BCUT2D eigenvalue weighted by molar-refractivity contribution is 0.262. The number of benzene rings is 2. The molecule has 0 atom stereocenters. The Kier molecular flexibility index (Phi) is 4.92. The number of ether oxygens (including phenoxy) is 1. The quantitative estimate of drug-likeness (QED) is 0.550. The molecule has 0 radical (unpaired) electrons. The van der Waals surface area contributed by atoms with Crippen molar-refractivity contribution < 1.29 is 9.53 Å². The zero-order chi connectivity index (χ0) is 19.2. The molecule has 4 aromatic rings. The summed E-state index contributed by atoms with van der Waals surface area (Å²) in [4.78, 5) is 16.0. The molecule has 0 saturated carbocycles. The Morgan fingerprint density at radius 1 is 0.857 bits per heavy atom. The minimum atomic E-state index is -0.319. The molecule has 138 valence electrons. The zero-order valence-corrected chi connectivity index (χ0v) is 14.7. The van der Waals surface area contributed by atoms with Gasteiger partial charge in [-0.15, -0.1) is 10.2 Å². The fraction of sp³-hybridized carbons (Fsp3) is 0. The molecule has 0 fully saturated rings. The molecule has 0 aliphatic carbocycles. The minimum absolute atomic E-state index is 0.319. The monoisotopic (exact) mass is 372 g/mol. The van der Waals surface area contributed by atoms with Gasteiger partial charge in [-0.1, -0.05) is 18.2 Å². The van der Waals surface area contributed by atoms with Crippen LogP contribution < -0.4 is 15.4 Å². The number of hydrogen-bond donors (Lipinski definition) is 2. The number of anilines is 2. The first-order valence-electron chi connectivity index (χ1n) is 8.49. The summed E-state index contributed by atoms with van der Waals surface area (Å²) in [7, 11) is 0. The van der Waals surface area contributed by atoms with E-state index in [0.29, 0.717) is 23.1 Å². The molecule has 0 saturated heterocycles. The molecule has 8 heteroatoms. The normalized spacial score (nSPS) is 10.3. The lowest BCUT2D eigenvalue weighted by atomic mass is 10.3. The number of carbonyl (C=O) groups excluding carboxylic acids is 1. The first kappa shape index (κ1) is 17.2. The maximum Gasteiger partial charge on any atom is 0.323 e. The summed E-state index contributed by atoms with van der Waals surface area (Å²) < 4.78 is 7.43. The van der Waals surface area contributed by atoms with Gasteiger partial charge in [-0.25, -0.2) is 9.78 Å². The van der Waals surface area contributed by atoms with Crippen LogP contribution in [0, 0.1) is 0 Å². The van der Waals surface area contributed by atoms with Crippen molar-refractivity contribution in [2.24, 2.45) is 0 Å². The molecule has 2 heterocycles. The van der Waals surface area contributed by atoms with Gasteiger partial charge in [0.2, 0.25) is 5.88 Å². The average Bonchev–Trinajstić information content (AvgIpc) is 3.26. The third kappa shape index (κ3) is 4.31. The summed E-state index contributed by atoms with van der Waals surface area (Å²) in [6, 6.07) is 19.4. The van der Waals surface area contributed by atoms with Crippen molar-refractivity contribution in [1.29, 1.82) is 0 Å². The van der Waals surface area contributed by atoms with Gasteiger partial charge >= 0.3 is 6.03 Å². The van der Waals surface area contributed by atoms with Crippen LogP contribution in [-0.2, 0) is 0 Å². The number of rotatable bonds is 5. The highest BCUT2D eigenvalue weighted by atomic mass is 16.5. The Balaban J connectivity index is 1.35. The molecular formula is C20H16N6O2. The SMILES string of the molecule is O=C(Nc1ccccc1)Nc1ccc(Oc2ccc(-n3ccnc3)nn2)cc1. The third-order valence-electron chi connectivity index (χ3n) is 3.76. The number of nitrogens with zero attached hydrogens (tertiary/aromatic N) is 4. The highest BCUT2D eigenvalue weighted by Crippen LogP contribution is 2.21. The molecule has 0 bridgehead atoms. The molecule has 2 aromatic heterocycles. The van der Waals surface area contributed by atoms with Crippen LogP contribution in [0.25, 0.3) is 5.82 Å². The standard InChI is InChI=1S/C20H16N6O2/c27-20(22-15-4-2-1-3-5-15)23-16-6-8-17(9-7-16)28-19-11-10-18(24-25-19)26-13-12-21-14-26/h1-14H,(H2,22,23,27). The zero-order valence-electron chi connectivity index (χ0n) is 14.7. The van der Waals surface area contributed by atoms with Crippen molar-refractivity contribution in [3.8, 4) is 17.4 Å². The highest BCUT2D eigenvalue weighted by molar-refractivity contribution is 5.99. The number of aromatic nitrogens is 4. The lowest BCUT2D eigenvalue weighted by Gasteiger charge is -2.09. The van der Waals surface area contributed by atoms with Crippen LogP contribution in [0.3, 0.4) is 0 Å². The molecule has 0 spiro atoms. The smallest absolute Gasteiger partial charge is 0.323 e. The summed E-state index contributed by atoms with van der Waals surface area (Å²) >= 11 is 0. The van der Waals surface area contributed by atoms with Crippen LogP contribution >= 0.6 is 0 Å². The second-order valence-corrected chi connectivity index (χ2v) is 5.77. The maximum atomic E-state index is 12.0. The van der Waals surface area contributed by atoms with E-state index in [0.717, 1.165) is 5.69 Å². The summed E-state index contributed by atoms with van der Waals surface area (Å²) in [5.41, 5.74) is 1.36. The van der Waals surface area contributed by atoms with Crippen molar-refractivity contribution in [2.75, 3.05) is 10.6 Å². The maximum absolute atomic E-state index is 12.0. The van der Waals surface area contributed by atoms with E-state index in [1.165, 1.54) is 0 Å². The Bertz CT molecular complexity index is 1030. The van der Waals surface area contributed by atoms with E-state index in [1.807, 2.05) is 30.3 Å². The van der Waals surface area contributed by atoms with E-state index < -0.39 is 0 Å². The molecule has 4 rings (SSSR count). The number of nitrogens with one attached hydrogen (secondary N) is 2. The molecule has 0 aliphatic rings. The average molecular weight is 372 g/mol. The lowest BCUT2D eigenvalue weighted by Crippen LogP contribution is -2.19. The predicted octanol–water partition coefficient (Wildman–Crippen LogP) is 4.10. The van der Waals surface area contributed by atoms with Gasteiger partial charge in [-0.05, 0) is 42.5 Å². The van der Waals surface area contributed by atoms with Gasteiger partial charge in [0.1, 0.15) is 12.1 Å². The van der Waals surface area contributed by atoms with Gasteiger partial charge in [0.25, 0.3) is 0 Å². The fourth-order valence-electron chi connectivity index (χ4n) is 2.44. The van der Waals surface area contributed by atoms with Crippen molar-refractivity contribution in [3.05, 3.63) is 85.5 Å². The van der Waals surface area contributed by atoms with Crippen molar-refractivity contribution >= 4 is 17.4 Å². The number of hydrogen-bond acceptors (Lipinski definition) is 5. The second kappa shape index (κ2) is 8.00. The van der Waals surface area contributed by atoms with Crippen LogP contribution in [0.1, 0.15) is 0 Å². The van der Waals surface area contributed by atoms with Gasteiger partial charge in [-0.2, -0.15) is 0 Å². The first-order valence-corrected chi connectivity index (χ1v) is 8.49. The van der Waals surface area contributed by atoms with Gasteiger partial charge in [0, 0.05) is 29.8 Å². The molecule has 2 N–H and O–H groups in total. The summed E-state index contributed by atoms with van der Waals surface area (Å²) in [6.45, 7) is 0. The van der Waals surface area contributed by atoms with E-state index in [9.17, 15) is 4.79 Å². The molecule has 28 heavy (non-hydrogen) atoms. The van der Waals surface area contributed by atoms with Crippen LogP contribution in [0.5, 0.6) is 11.6 Å². The second-order valence-electron chi connectivity index (χ2n) is 5.77. The van der Waals surface area contributed by atoms with E-state index in [2.05, 4.69) is 25.8 Å². The third-order valence-corrected chi connectivity index (χ3v) is 3.76. The first-order chi connectivity index (χ1) is 13.8. The fourth-order valence-corrected chi connectivity index (χ4v) is 2.44. The number of carbonyl (C=O) groups is 1. The Hall–Kier alpha value is -4.20. The van der Waals surface area contributed by atoms with Crippen LogP contribution in [0.4, 0.5) is 16.2 Å². The van der Waals surface area contributed by atoms with Crippen LogP contribution in [0.15, 0.2) is 85.5 Å². The van der Waals surface area contributed by atoms with Crippen molar-refractivity contribution in [3.63, 3.8) is 0 Å². The van der Waals surface area contributed by atoms with Gasteiger partial charge in [0.05, 0.1) is 0 Å². The molecule has 0 aliphatic heterocycles. The minimum Gasteiger partial charge on any atom is -0.438 e. The molecule has 0 unspecified atom stereocenters. The van der Waals surface area contributed by atoms with Crippen LogP contribution in [0.2, 0.25) is 0 Å². The number of imidazole rings is 1. The molecular weight excluding hydrogens is 356 g/mol. The van der Waals surface area contributed by atoms with Gasteiger partial charge in [-0.3, -0.25) is 4.57 Å². The van der Waals surface area contributed by atoms with Crippen molar-refractivity contribution in [2.45, 2.75) is 0 Å². The van der Waals surface area contributed by atoms with E-state index in [-0.39, 0.29) is 6.03 Å².